The minimum absolute atomic E-state index is 0.0741. The van der Waals surface area contributed by atoms with Gasteiger partial charge in [0.1, 0.15) is 0 Å². The maximum Gasteiger partial charge on any atom is 0.251 e. The third-order valence-corrected chi connectivity index (χ3v) is 6.31. The van der Waals surface area contributed by atoms with Crippen LogP contribution in [0.15, 0.2) is 48.5 Å². The number of piperazine rings is 1. The molecule has 2 aromatic carbocycles. The quantitative estimate of drug-likeness (QED) is 0.779. The highest BCUT2D eigenvalue weighted by Crippen LogP contribution is 2.22. The first-order valence-corrected chi connectivity index (χ1v) is 11.3. The van der Waals surface area contributed by atoms with Crippen molar-refractivity contribution in [1.82, 2.24) is 10.2 Å². The predicted molar refractivity (Wildman–Crippen MR) is 125 cm³/mol. The van der Waals surface area contributed by atoms with E-state index >= 15 is 0 Å². The third kappa shape index (κ3) is 5.07. The number of nitrogens with zero attached hydrogens (tertiary/aromatic N) is 3. The fraction of sp³-hybridized carbons (Fsp3) is 0.440. The zero-order valence-electron chi connectivity index (χ0n) is 18.5. The maximum atomic E-state index is 12.6. The molecular formula is C25H32N4O2. The van der Waals surface area contributed by atoms with Crippen molar-refractivity contribution in [2.24, 2.45) is 0 Å². The van der Waals surface area contributed by atoms with Crippen LogP contribution in [0.4, 0.5) is 11.4 Å². The summed E-state index contributed by atoms with van der Waals surface area (Å²) in [6.45, 7) is 9.92. The number of hydrogen-bond acceptors (Lipinski definition) is 4. The Kier molecular flexibility index (Phi) is 6.56. The van der Waals surface area contributed by atoms with Crippen molar-refractivity contribution in [3.05, 3.63) is 59.7 Å². The summed E-state index contributed by atoms with van der Waals surface area (Å²) < 4.78 is 0. The van der Waals surface area contributed by atoms with Crippen LogP contribution in [0.3, 0.4) is 0 Å². The van der Waals surface area contributed by atoms with Gasteiger partial charge in [0.25, 0.3) is 5.91 Å². The van der Waals surface area contributed by atoms with Gasteiger partial charge in [-0.25, -0.2) is 0 Å². The number of nitrogens with one attached hydrogen (secondary N) is 1. The fourth-order valence-corrected chi connectivity index (χ4v) is 4.32. The Morgan fingerprint density at radius 1 is 0.903 bits per heavy atom. The molecule has 2 saturated heterocycles. The lowest BCUT2D eigenvalue weighted by Gasteiger charge is -2.38. The molecular weight excluding hydrogens is 388 g/mol. The second-order valence-corrected chi connectivity index (χ2v) is 8.66. The van der Waals surface area contributed by atoms with Gasteiger partial charge < -0.3 is 15.1 Å². The first-order chi connectivity index (χ1) is 15.0. The van der Waals surface area contributed by atoms with Gasteiger partial charge >= 0.3 is 0 Å². The van der Waals surface area contributed by atoms with Gasteiger partial charge in [-0.3, -0.25) is 14.5 Å². The number of anilines is 2. The van der Waals surface area contributed by atoms with Crippen LogP contribution in [0.5, 0.6) is 0 Å². The van der Waals surface area contributed by atoms with Crippen LogP contribution in [0.2, 0.25) is 0 Å². The molecule has 0 unspecified atom stereocenters. The van der Waals surface area contributed by atoms with E-state index in [1.165, 1.54) is 5.69 Å². The largest absolute Gasteiger partial charge is 0.369 e. The van der Waals surface area contributed by atoms with Crippen molar-refractivity contribution in [1.29, 1.82) is 0 Å². The van der Waals surface area contributed by atoms with Crippen molar-refractivity contribution in [2.45, 2.75) is 39.3 Å². The standard InChI is InChI=1S/C25H32N4O2/c1-19(2)27-14-16-28(17-15-27)22-11-7-21(8-12-22)25(31)26-18-20-5-9-23(10-6-20)29-13-3-4-24(29)30/h5-12,19H,3-4,13-18H2,1-2H3,(H,26,31). The SMILES string of the molecule is CC(C)N1CCN(c2ccc(C(=O)NCc3ccc(N4CCCC4=O)cc3)cc2)CC1. The van der Waals surface area contributed by atoms with E-state index in [0.29, 0.717) is 24.6 Å². The van der Waals surface area contributed by atoms with Crippen LogP contribution < -0.4 is 15.1 Å². The lowest BCUT2D eigenvalue weighted by atomic mass is 10.1. The summed E-state index contributed by atoms with van der Waals surface area (Å²) >= 11 is 0. The second kappa shape index (κ2) is 9.52. The van der Waals surface area contributed by atoms with Crippen LogP contribution in [-0.2, 0) is 11.3 Å². The summed E-state index contributed by atoms with van der Waals surface area (Å²) in [4.78, 5) is 31.1. The molecule has 0 saturated carbocycles. The molecule has 4 rings (SSSR count). The number of rotatable bonds is 6. The Balaban J connectivity index is 1.28. The fourth-order valence-electron chi connectivity index (χ4n) is 4.32. The van der Waals surface area contributed by atoms with E-state index in [4.69, 9.17) is 0 Å². The Morgan fingerprint density at radius 2 is 1.55 bits per heavy atom. The number of benzene rings is 2. The molecule has 6 heteroatoms. The number of carbonyl (C=O) groups is 2. The first-order valence-electron chi connectivity index (χ1n) is 11.3. The molecule has 2 fully saturated rings. The summed E-state index contributed by atoms with van der Waals surface area (Å²) in [5.41, 5.74) is 3.79. The maximum absolute atomic E-state index is 12.6. The summed E-state index contributed by atoms with van der Waals surface area (Å²) in [5, 5.41) is 2.99. The highest BCUT2D eigenvalue weighted by Gasteiger charge is 2.21. The first kappa shape index (κ1) is 21.4. The Labute approximate surface area is 184 Å². The zero-order chi connectivity index (χ0) is 21.8. The Hall–Kier alpha value is -2.86. The normalized spacial score (nSPS) is 17.5. The minimum Gasteiger partial charge on any atom is -0.369 e. The molecule has 2 aromatic rings. The molecule has 0 radical (unpaired) electrons. The van der Waals surface area contributed by atoms with Gasteiger partial charge in [-0.2, -0.15) is 0 Å². The van der Waals surface area contributed by atoms with Crippen LogP contribution in [0, 0.1) is 0 Å². The molecule has 0 aromatic heterocycles. The monoisotopic (exact) mass is 420 g/mol. The van der Waals surface area contributed by atoms with E-state index < -0.39 is 0 Å². The van der Waals surface area contributed by atoms with E-state index in [1.807, 2.05) is 53.4 Å². The van der Waals surface area contributed by atoms with Gasteiger partial charge in [0.15, 0.2) is 0 Å². The minimum atomic E-state index is -0.0741. The lowest BCUT2D eigenvalue weighted by Crippen LogP contribution is -2.48. The smallest absolute Gasteiger partial charge is 0.251 e. The van der Waals surface area contributed by atoms with E-state index in [-0.39, 0.29) is 11.8 Å². The predicted octanol–water partition coefficient (Wildman–Crippen LogP) is 3.27. The molecule has 0 aliphatic carbocycles. The third-order valence-electron chi connectivity index (χ3n) is 6.31. The van der Waals surface area contributed by atoms with Crippen LogP contribution >= 0.6 is 0 Å². The molecule has 6 nitrogen and oxygen atoms in total. The highest BCUT2D eigenvalue weighted by molar-refractivity contribution is 5.95. The summed E-state index contributed by atoms with van der Waals surface area (Å²) in [7, 11) is 0. The Morgan fingerprint density at radius 3 is 2.13 bits per heavy atom. The average molecular weight is 421 g/mol. The molecule has 2 amide bonds. The van der Waals surface area contributed by atoms with Gasteiger partial charge in [-0.15, -0.1) is 0 Å². The van der Waals surface area contributed by atoms with Gasteiger partial charge in [-0.1, -0.05) is 12.1 Å². The van der Waals surface area contributed by atoms with E-state index in [1.54, 1.807) is 0 Å². The number of carbonyl (C=O) groups excluding carboxylic acids is 2. The molecule has 1 N–H and O–H groups in total. The highest BCUT2D eigenvalue weighted by atomic mass is 16.2. The van der Waals surface area contributed by atoms with Gasteiger partial charge in [0.05, 0.1) is 0 Å². The summed E-state index contributed by atoms with van der Waals surface area (Å²) in [5.74, 6) is 0.112. The topological polar surface area (TPSA) is 55.9 Å². The number of hydrogen-bond donors (Lipinski definition) is 1. The molecule has 0 bridgehead atoms. The number of amides is 2. The van der Waals surface area contributed by atoms with E-state index in [9.17, 15) is 9.59 Å². The second-order valence-electron chi connectivity index (χ2n) is 8.66. The van der Waals surface area contributed by atoms with Crippen molar-refractivity contribution in [3.63, 3.8) is 0 Å². The molecule has 2 aliphatic heterocycles. The van der Waals surface area contributed by atoms with Crippen molar-refractivity contribution in [2.75, 3.05) is 42.5 Å². The molecule has 0 atom stereocenters. The van der Waals surface area contributed by atoms with Crippen LogP contribution in [0.25, 0.3) is 0 Å². The van der Waals surface area contributed by atoms with Crippen molar-refractivity contribution < 1.29 is 9.59 Å². The molecule has 2 heterocycles. The Bertz CT molecular complexity index is 900. The van der Waals surface area contributed by atoms with Gasteiger partial charge in [0.2, 0.25) is 5.91 Å². The zero-order valence-corrected chi connectivity index (χ0v) is 18.5. The van der Waals surface area contributed by atoms with Gasteiger partial charge in [0, 0.05) is 68.7 Å². The molecule has 2 aliphatic rings. The van der Waals surface area contributed by atoms with Crippen LogP contribution in [-0.4, -0.2) is 55.5 Å². The summed E-state index contributed by atoms with van der Waals surface area (Å²) in [6, 6.07) is 16.3. The molecule has 164 valence electrons. The van der Waals surface area contributed by atoms with E-state index in [0.717, 1.165) is 50.4 Å². The average Bonchev–Trinajstić information content (AvgIpc) is 3.24. The molecule has 0 spiro atoms. The van der Waals surface area contributed by atoms with Gasteiger partial charge in [-0.05, 0) is 62.2 Å². The summed E-state index contributed by atoms with van der Waals surface area (Å²) in [6.07, 6.45) is 1.55. The lowest BCUT2D eigenvalue weighted by molar-refractivity contribution is -0.117. The van der Waals surface area contributed by atoms with Crippen molar-refractivity contribution >= 4 is 23.2 Å². The van der Waals surface area contributed by atoms with Crippen molar-refractivity contribution in [3.8, 4) is 0 Å². The van der Waals surface area contributed by atoms with Crippen LogP contribution in [0.1, 0.15) is 42.6 Å². The molecule has 31 heavy (non-hydrogen) atoms. The van der Waals surface area contributed by atoms with E-state index in [2.05, 4.69) is 29.0 Å².